The molecule has 0 fully saturated rings. The maximum absolute atomic E-state index is 10.8. The predicted molar refractivity (Wildman–Crippen MR) is 64.4 cm³/mol. The average molecular weight is 238 g/mol. The number of carbonyl (C=O) groups is 1. The third kappa shape index (κ3) is 5.36. The highest BCUT2D eigenvalue weighted by Gasteiger charge is 1.99. The van der Waals surface area contributed by atoms with Crippen molar-refractivity contribution in [3.63, 3.8) is 0 Å². The maximum atomic E-state index is 10.8. The minimum absolute atomic E-state index is 0.116. The van der Waals surface area contributed by atoms with Crippen LogP contribution in [-0.2, 0) is 4.79 Å². The topological polar surface area (TPSA) is 55.8 Å². The van der Waals surface area contributed by atoms with Crippen molar-refractivity contribution < 1.29 is 19.4 Å². The van der Waals surface area contributed by atoms with E-state index in [1.54, 1.807) is 7.11 Å². The van der Waals surface area contributed by atoms with Crippen molar-refractivity contribution >= 4 is 5.78 Å². The van der Waals surface area contributed by atoms with Gasteiger partial charge in [-0.05, 0) is 37.1 Å². The molecular formula is C13H18O4. The zero-order valence-electron chi connectivity index (χ0n) is 10.0. The lowest BCUT2D eigenvalue weighted by molar-refractivity contribution is -0.121. The second-order valence-corrected chi connectivity index (χ2v) is 3.68. The number of carbonyl (C=O) groups excluding carboxylic acids is 1. The van der Waals surface area contributed by atoms with E-state index in [1.165, 1.54) is 0 Å². The third-order valence-electron chi connectivity index (χ3n) is 2.35. The zero-order valence-corrected chi connectivity index (χ0v) is 10.0. The van der Waals surface area contributed by atoms with Crippen molar-refractivity contribution in [3.8, 4) is 11.5 Å². The zero-order chi connectivity index (χ0) is 12.5. The van der Waals surface area contributed by atoms with E-state index in [2.05, 4.69) is 0 Å². The van der Waals surface area contributed by atoms with Crippen LogP contribution in [0.25, 0.3) is 0 Å². The molecule has 1 aromatic rings. The molecule has 94 valence electrons. The van der Waals surface area contributed by atoms with Crippen molar-refractivity contribution in [2.24, 2.45) is 0 Å². The molecule has 0 aliphatic rings. The molecule has 0 saturated heterocycles. The molecule has 1 N–H and O–H groups in total. The summed E-state index contributed by atoms with van der Waals surface area (Å²) in [5.41, 5.74) is 0. The van der Waals surface area contributed by atoms with E-state index in [4.69, 9.17) is 14.6 Å². The van der Waals surface area contributed by atoms with E-state index in [9.17, 15) is 4.79 Å². The van der Waals surface area contributed by atoms with Crippen molar-refractivity contribution in [1.29, 1.82) is 0 Å². The first-order valence-corrected chi connectivity index (χ1v) is 5.65. The Labute approximate surface area is 101 Å². The van der Waals surface area contributed by atoms with Crippen LogP contribution in [0, 0.1) is 0 Å². The molecule has 1 aromatic carbocycles. The lowest BCUT2D eigenvalue weighted by Crippen LogP contribution is -2.04. The molecule has 0 bridgehead atoms. The smallest absolute Gasteiger partial charge is 0.158 e. The Balaban J connectivity index is 2.15. The molecule has 0 amide bonds. The van der Waals surface area contributed by atoms with Crippen LogP contribution in [0.5, 0.6) is 11.5 Å². The van der Waals surface area contributed by atoms with Gasteiger partial charge in [0.1, 0.15) is 18.1 Å². The lowest BCUT2D eigenvalue weighted by atomic mass is 10.2. The van der Waals surface area contributed by atoms with Gasteiger partial charge in [-0.25, -0.2) is 0 Å². The van der Waals surface area contributed by atoms with E-state index in [-0.39, 0.29) is 12.4 Å². The van der Waals surface area contributed by atoms with E-state index < -0.39 is 0 Å². The van der Waals surface area contributed by atoms with Gasteiger partial charge >= 0.3 is 0 Å². The normalized spacial score (nSPS) is 10.0. The fourth-order valence-electron chi connectivity index (χ4n) is 1.37. The van der Waals surface area contributed by atoms with Gasteiger partial charge in [-0.1, -0.05) is 0 Å². The quantitative estimate of drug-likeness (QED) is 0.702. The lowest BCUT2D eigenvalue weighted by Gasteiger charge is -2.06. The minimum atomic E-state index is -0.362. The van der Waals surface area contributed by atoms with E-state index >= 15 is 0 Å². The van der Waals surface area contributed by atoms with Gasteiger partial charge in [0.05, 0.1) is 13.7 Å². The summed E-state index contributed by atoms with van der Waals surface area (Å²) in [4.78, 5) is 10.8. The van der Waals surface area contributed by atoms with Crippen LogP contribution in [0.2, 0.25) is 0 Å². The number of methoxy groups -OCH3 is 1. The fraction of sp³-hybridized carbons (Fsp3) is 0.462. The molecule has 4 heteroatoms. The van der Waals surface area contributed by atoms with Gasteiger partial charge in [0.2, 0.25) is 0 Å². The number of ether oxygens (including phenoxy) is 2. The number of aliphatic hydroxyl groups is 1. The summed E-state index contributed by atoms with van der Waals surface area (Å²) >= 11 is 0. The molecule has 0 saturated carbocycles. The Kier molecular flexibility index (Phi) is 6.10. The maximum Gasteiger partial charge on any atom is 0.158 e. The Morgan fingerprint density at radius 3 is 2.41 bits per heavy atom. The predicted octanol–water partition coefficient (Wildman–Crippen LogP) is 1.81. The Morgan fingerprint density at radius 2 is 1.82 bits per heavy atom. The van der Waals surface area contributed by atoms with Gasteiger partial charge in [0.15, 0.2) is 5.78 Å². The Bertz CT molecular complexity index is 332. The SMILES string of the molecule is COc1ccc(OCCCCC(=O)CO)cc1. The number of hydrogen-bond acceptors (Lipinski definition) is 4. The molecule has 0 unspecified atom stereocenters. The van der Waals surface area contributed by atoms with E-state index in [1.807, 2.05) is 24.3 Å². The van der Waals surface area contributed by atoms with Crippen LogP contribution >= 0.6 is 0 Å². The molecule has 0 aromatic heterocycles. The van der Waals surface area contributed by atoms with Gasteiger partial charge in [0.25, 0.3) is 0 Å². The molecule has 0 aliphatic carbocycles. The van der Waals surface area contributed by atoms with Crippen molar-refractivity contribution in [3.05, 3.63) is 24.3 Å². The first-order valence-electron chi connectivity index (χ1n) is 5.65. The molecule has 0 atom stereocenters. The number of Topliss-reactive ketones (excluding diaryl/α,β-unsaturated/α-hetero) is 1. The molecule has 0 spiro atoms. The Hall–Kier alpha value is -1.55. The largest absolute Gasteiger partial charge is 0.497 e. The van der Waals surface area contributed by atoms with Crippen LogP contribution in [-0.4, -0.2) is 31.2 Å². The van der Waals surface area contributed by atoms with Crippen LogP contribution < -0.4 is 9.47 Å². The third-order valence-corrected chi connectivity index (χ3v) is 2.35. The summed E-state index contributed by atoms with van der Waals surface area (Å²) in [5, 5.41) is 8.53. The fourth-order valence-corrected chi connectivity index (χ4v) is 1.37. The number of hydrogen-bond donors (Lipinski definition) is 1. The highest BCUT2D eigenvalue weighted by atomic mass is 16.5. The van der Waals surface area contributed by atoms with Gasteiger partial charge in [0, 0.05) is 6.42 Å². The monoisotopic (exact) mass is 238 g/mol. The van der Waals surface area contributed by atoms with Gasteiger partial charge in [-0.2, -0.15) is 0 Å². The second-order valence-electron chi connectivity index (χ2n) is 3.68. The van der Waals surface area contributed by atoms with E-state index in [0.29, 0.717) is 13.0 Å². The van der Waals surface area contributed by atoms with Crippen LogP contribution in [0.4, 0.5) is 0 Å². The molecule has 0 radical (unpaired) electrons. The molecule has 4 nitrogen and oxygen atoms in total. The van der Waals surface area contributed by atoms with Crippen molar-refractivity contribution in [2.75, 3.05) is 20.3 Å². The summed E-state index contributed by atoms with van der Waals surface area (Å²) in [6.45, 7) is 0.213. The molecule has 0 heterocycles. The van der Waals surface area contributed by atoms with Crippen LogP contribution in [0.3, 0.4) is 0 Å². The minimum Gasteiger partial charge on any atom is -0.497 e. The number of rotatable bonds is 8. The van der Waals surface area contributed by atoms with Crippen molar-refractivity contribution in [2.45, 2.75) is 19.3 Å². The van der Waals surface area contributed by atoms with Crippen LogP contribution in [0.1, 0.15) is 19.3 Å². The summed E-state index contributed by atoms with van der Waals surface area (Å²) < 4.78 is 10.5. The number of ketones is 1. The first-order chi connectivity index (χ1) is 8.26. The summed E-state index contributed by atoms with van der Waals surface area (Å²) in [6.07, 6.45) is 1.97. The molecule has 17 heavy (non-hydrogen) atoms. The highest BCUT2D eigenvalue weighted by molar-refractivity contribution is 5.79. The number of unbranched alkanes of at least 4 members (excludes halogenated alkanes) is 1. The molecule has 0 aliphatic heterocycles. The first kappa shape index (κ1) is 13.5. The second kappa shape index (κ2) is 7.68. The average Bonchev–Trinajstić information content (AvgIpc) is 2.38. The summed E-state index contributed by atoms with van der Waals surface area (Å²) in [7, 11) is 1.62. The molecule has 1 rings (SSSR count). The highest BCUT2D eigenvalue weighted by Crippen LogP contribution is 2.17. The summed E-state index contributed by atoms with van der Waals surface area (Å²) in [5.74, 6) is 1.47. The Morgan fingerprint density at radius 1 is 1.18 bits per heavy atom. The standard InChI is InChI=1S/C13H18O4/c1-16-12-5-7-13(8-6-12)17-9-3-2-4-11(15)10-14/h5-8,14H,2-4,9-10H2,1H3. The van der Waals surface area contributed by atoms with Gasteiger partial charge in [-0.15, -0.1) is 0 Å². The van der Waals surface area contributed by atoms with Gasteiger partial charge < -0.3 is 14.6 Å². The van der Waals surface area contributed by atoms with Gasteiger partial charge in [-0.3, -0.25) is 4.79 Å². The molecular weight excluding hydrogens is 220 g/mol. The number of aliphatic hydroxyl groups excluding tert-OH is 1. The summed E-state index contributed by atoms with van der Waals surface area (Å²) in [6, 6.07) is 7.37. The van der Waals surface area contributed by atoms with E-state index in [0.717, 1.165) is 24.3 Å². The number of benzene rings is 1. The van der Waals surface area contributed by atoms with Crippen LogP contribution in [0.15, 0.2) is 24.3 Å². The van der Waals surface area contributed by atoms with Crippen molar-refractivity contribution in [1.82, 2.24) is 0 Å².